The van der Waals surface area contributed by atoms with Crippen molar-refractivity contribution >= 4 is 0 Å². The number of nitrogens with zero attached hydrogens (tertiary/aromatic N) is 1. The Morgan fingerprint density at radius 1 is 1.35 bits per heavy atom. The van der Waals surface area contributed by atoms with Gasteiger partial charge in [-0.3, -0.25) is 0 Å². The maximum Gasteiger partial charge on any atom is 0.120 e. The van der Waals surface area contributed by atoms with Gasteiger partial charge in [-0.15, -0.1) is 6.58 Å². The van der Waals surface area contributed by atoms with Crippen LogP contribution in [0.25, 0.3) is 0 Å². The fraction of sp³-hybridized carbons (Fsp3) is 0.357. The van der Waals surface area contributed by atoms with Crippen LogP contribution in [0.1, 0.15) is 18.9 Å². The number of rotatable bonds is 7. The van der Waals surface area contributed by atoms with Crippen LogP contribution in [-0.2, 0) is 4.74 Å². The van der Waals surface area contributed by atoms with Gasteiger partial charge in [0.05, 0.1) is 24.8 Å². The van der Waals surface area contributed by atoms with Crippen molar-refractivity contribution in [3.8, 4) is 11.8 Å². The Morgan fingerprint density at radius 3 is 2.88 bits per heavy atom. The second-order valence-electron chi connectivity index (χ2n) is 3.81. The normalized spacial score (nSPS) is 9.65. The summed E-state index contributed by atoms with van der Waals surface area (Å²) in [5, 5.41) is 8.72. The van der Waals surface area contributed by atoms with Crippen LogP contribution in [0.15, 0.2) is 36.4 Å². The Kier molecular flexibility index (Phi) is 5.84. The molecule has 0 N–H and O–H groups in total. The maximum absolute atomic E-state index is 8.72. The summed E-state index contributed by atoms with van der Waals surface area (Å²) in [6.45, 7) is 7.49. The van der Waals surface area contributed by atoms with Gasteiger partial charge in [-0.1, -0.05) is 11.6 Å². The van der Waals surface area contributed by atoms with Gasteiger partial charge in [0, 0.05) is 0 Å². The number of nitriles is 1. The van der Waals surface area contributed by atoms with Crippen molar-refractivity contribution in [2.24, 2.45) is 0 Å². The number of benzene rings is 1. The zero-order valence-electron chi connectivity index (χ0n) is 10.1. The molecule has 1 aromatic rings. The predicted molar refractivity (Wildman–Crippen MR) is 66.9 cm³/mol. The van der Waals surface area contributed by atoms with Gasteiger partial charge in [-0.2, -0.15) is 5.26 Å². The van der Waals surface area contributed by atoms with Gasteiger partial charge in [0.25, 0.3) is 0 Å². The van der Waals surface area contributed by atoms with Crippen molar-refractivity contribution < 1.29 is 9.47 Å². The summed E-state index contributed by atoms with van der Waals surface area (Å²) >= 11 is 0. The van der Waals surface area contributed by atoms with Crippen LogP contribution in [0, 0.1) is 11.3 Å². The largest absolute Gasteiger partial charge is 0.491 e. The van der Waals surface area contributed by atoms with Gasteiger partial charge in [-0.25, -0.2) is 0 Å². The molecule has 0 amide bonds. The monoisotopic (exact) mass is 231 g/mol. The molecular weight excluding hydrogens is 214 g/mol. The van der Waals surface area contributed by atoms with Crippen LogP contribution < -0.4 is 4.74 Å². The van der Waals surface area contributed by atoms with Crippen LogP contribution in [0.4, 0.5) is 0 Å². The highest BCUT2D eigenvalue weighted by molar-refractivity contribution is 5.36. The quantitative estimate of drug-likeness (QED) is 0.535. The van der Waals surface area contributed by atoms with Crippen molar-refractivity contribution in [1.82, 2.24) is 0 Å². The Balaban J connectivity index is 2.18. The molecule has 0 aliphatic carbocycles. The van der Waals surface area contributed by atoms with E-state index in [4.69, 9.17) is 14.7 Å². The van der Waals surface area contributed by atoms with Gasteiger partial charge in [-0.05, 0) is 31.5 Å². The molecule has 0 unspecified atom stereocenters. The lowest BCUT2D eigenvalue weighted by molar-refractivity contribution is 0.102. The fourth-order valence-corrected chi connectivity index (χ4v) is 1.22. The third-order valence-corrected chi connectivity index (χ3v) is 2.13. The average Bonchev–Trinajstić information content (AvgIpc) is 2.33. The van der Waals surface area contributed by atoms with E-state index in [9.17, 15) is 0 Å². The SMILES string of the molecule is C=C(C)CCOCCOc1cccc(C#N)c1. The molecule has 0 bridgehead atoms. The van der Waals surface area contributed by atoms with Crippen LogP contribution in [-0.4, -0.2) is 19.8 Å². The highest BCUT2D eigenvalue weighted by atomic mass is 16.5. The molecule has 0 fully saturated rings. The molecule has 0 atom stereocenters. The molecule has 90 valence electrons. The molecular formula is C14H17NO2. The molecule has 0 aromatic heterocycles. The van der Waals surface area contributed by atoms with Gasteiger partial charge >= 0.3 is 0 Å². The lowest BCUT2D eigenvalue weighted by Crippen LogP contribution is -2.07. The van der Waals surface area contributed by atoms with Crippen LogP contribution in [0.5, 0.6) is 5.75 Å². The minimum absolute atomic E-state index is 0.491. The second-order valence-corrected chi connectivity index (χ2v) is 3.81. The van der Waals surface area contributed by atoms with Crippen molar-refractivity contribution in [3.05, 3.63) is 42.0 Å². The third kappa shape index (κ3) is 5.74. The summed E-state index contributed by atoms with van der Waals surface area (Å²) < 4.78 is 10.8. The van der Waals surface area contributed by atoms with E-state index >= 15 is 0 Å². The van der Waals surface area contributed by atoms with E-state index in [-0.39, 0.29) is 0 Å². The zero-order valence-corrected chi connectivity index (χ0v) is 10.1. The third-order valence-electron chi connectivity index (χ3n) is 2.13. The summed E-state index contributed by atoms with van der Waals surface area (Å²) in [6, 6.07) is 9.16. The summed E-state index contributed by atoms with van der Waals surface area (Å²) in [4.78, 5) is 0. The lowest BCUT2D eigenvalue weighted by Gasteiger charge is -2.07. The maximum atomic E-state index is 8.72. The molecule has 0 spiro atoms. The first kappa shape index (κ1) is 13.3. The summed E-state index contributed by atoms with van der Waals surface area (Å²) in [5.41, 5.74) is 1.72. The Hall–Kier alpha value is -1.79. The fourth-order valence-electron chi connectivity index (χ4n) is 1.22. The van der Waals surface area contributed by atoms with Gasteiger partial charge in [0.15, 0.2) is 0 Å². The Bertz CT molecular complexity index is 407. The molecule has 3 heteroatoms. The average molecular weight is 231 g/mol. The highest BCUT2D eigenvalue weighted by Gasteiger charge is 1.96. The number of hydrogen-bond donors (Lipinski definition) is 0. The van der Waals surface area contributed by atoms with Gasteiger partial charge in [0.1, 0.15) is 12.4 Å². The van der Waals surface area contributed by atoms with Crippen LogP contribution in [0.3, 0.4) is 0 Å². The Morgan fingerprint density at radius 2 is 2.18 bits per heavy atom. The smallest absolute Gasteiger partial charge is 0.120 e. The molecule has 1 aromatic carbocycles. The molecule has 0 aliphatic heterocycles. The van der Waals surface area contributed by atoms with E-state index in [1.165, 1.54) is 0 Å². The molecule has 1 rings (SSSR count). The molecule has 0 radical (unpaired) electrons. The van der Waals surface area contributed by atoms with Gasteiger partial charge in [0.2, 0.25) is 0 Å². The minimum atomic E-state index is 0.491. The first-order valence-corrected chi connectivity index (χ1v) is 5.57. The molecule has 0 heterocycles. The summed E-state index contributed by atoms with van der Waals surface area (Å²) in [6.07, 6.45) is 0.879. The van der Waals surface area contributed by atoms with Crippen molar-refractivity contribution in [3.63, 3.8) is 0 Å². The molecule has 17 heavy (non-hydrogen) atoms. The standard InChI is InChI=1S/C14H17NO2/c1-12(2)6-7-16-8-9-17-14-5-3-4-13(10-14)11-15/h3-5,10H,1,6-9H2,2H3. The van der Waals surface area contributed by atoms with E-state index in [1.807, 2.05) is 13.0 Å². The minimum Gasteiger partial charge on any atom is -0.491 e. The topological polar surface area (TPSA) is 42.2 Å². The van der Waals surface area contributed by atoms with Crippen LogP contribution in [0.2, 0.25) is 0 Å². The second kappa shape index (κ2) is 7.48. The molecule has 3 nitrogen and oxygen atoms in total. The van der Waals surface area contributed by atoms with E-state index in [0.717, 1.165) is 12.0 Å². The number of ether oxygens (including phenoxy) is 2. The lowest BCUT2D eigenvalue weighted by atomic mass is 10.2. The first-order chi connectivity index (χ1) is 8.22. The van der Waals surface area contributed by atoms with E-state index in [1.54, 1.807) is 18.2 Å². The molecule has 0 aliphatic rings. The zero-order chi connectivity index (χ0) is 12.5. The Labute approximate surface area is 102 Å². The van der Waals surface area contributed by atoms with Gasteiger partial charge < -0.3 is 9.47 Å². The number of hydrogen-bond acceptors (Lipinski definition) is 3. The predicted octanol–water partition coefficient (Wildman–Crippen LogP) is 2.92. The van der Waals surface area contributed by atoms with Crippen molar-refractivity contribution in [1.29, 1.82) is 5.26 Å². The molecule has 0 saturated carbocycles. The van der Waals surface area contributed by atoms with E-state index in [0.29, 0.717) is 31.1 Å². The van der Waals surface area contributed by atoms with Crippen molar-refractivity contribution in [2.75, 3.05) is 19.8 Å². The van der Waals surface area contributed by atoms with Crippen molar-refractivity contribution in [2.45, 2.75) is 13.3 Å². The first-order valence-electron chi connectivity index (χ1n) is 5.57. The summed E-state index contributed by atoms with van der Waals surface area (Å²) in [5.74, 6) is 0.701. The van der Waals surface area contributed by atoms with E-state index < -0.39 is 0 Å². The highest BCUT2D eigenvalue weighted by Crippen LogP contribution is 2.12. The summed E-state index contributed by atoms with van der Waals surface area (Å²) in [7, 11) is 0. The van der Waals surface area contributed by atoms with Crippen LogP contribution >= 0.6 is 0 Å². The molecule has 0 saturated heterocycles. The van der Waals surface area contributed by atoms with E-state index in [2.05, 4.69) is 12.6 Å².